The fraction of sp³-hybridized carbons (Fsp3) is 0.647. The zero-order valence-corrected chi connectivity index (χ0v) is 12.7. The molecule has 1 aromatic rings. The van der Waals surface area contributed by atoms with Crippen molar-refractivity contribution in [2.45, 2.75) is 52.6 Å². The van der Waals surface area contributed by atoms with Crippen LogP contribution in [0.4, 0.5) is 5.69 Å². The molecule has 1 saturated heterocycles. The number of hydrogen-bond acceptors (Lipinski definition) is 2. The molecule has 1 atom stereocenters. The molecule has 1 fully saturated rings. The van der Waals surface area contributed by atoms with Crippen LogP contribution in [0, 0.1) is 5.92 Å². The lowest BCUT2D eigenvalue weighted by Crippen LogP contribution is -2.28. The van der Waals surface area contributed by atoms with Gasteiger partial charge in [0, 0.05) is 24.8 Å². The van der Waals surface area contributed by atoms with Gasteiger partial charge in [-0.05, 0) is 49.4 Å². The smallest absolute Gasteiger partial charge is 0.0368 e. The van der Waals surface area contributed by atoms with E-state index in [2.05, 4.69) is 55.3 Å². The molecular formula is C17H28N2. The first kappa shape index (κ1) is 14.4. The van der Waals surface area contributed by atoms with E-state index in [1.165, 1.54) is 37.1 Å². The van der Waals surface area contributed by atoms with E-state index < -0.39 is 0 Å². The summed E-state index contributed by atoms with van der Waals surface area (Å²) in [7, 11) is 0. The van der Waals surface area contributed by atoms with Crippen molar-refractivity contribution in [2.75, 3.05) is 18.0 Å². The largest absolute Gasteiger partial charge is 0.369 e. The Labute approximate surface area is 118 Å². The van der Waals surface area contributed by atoms with Gasteiger partial charge in [-0.1, -0.05) is 32.9 Å². The third-order valence-electron chi connectivity index (χ3n) is 4.00. The van der Waals surface area contributed by atoms with E-state index in [1.807, 2.05) is 0 Å². The maximum Gasteiger partial charge on any atom is 0.0368 e. The Morgan fingerprint density at radius 1 is 1.26 bits per heavy atom. The number of rotatable bonds is 6. The topological polar surface area (TPSA) is 15.3 Å². The van der Waals surface area contributed by atoms with Gasteiger partial charge in [0.2, 0.25) is 0 Å². The Bertz CT molecular complexity index is 369. The molecule has 2 rings (SSSR count). The molecule has 0 radical (unpaired) electrons. The Hall–Kier alpha value is -1.02. The molecule has 0 aromatic heterocycles. The van der Waals surface area contributed by atoms with E-state index >= 15 is 0 Å². The first-order chi connectivity index (χ1) is 9.20. The van der Waals surface area contributed by atoms with E-state index in [-0.39, 0.29) is 0 Å². The summed E-state index contributed by atoms with van der Waals surface area (Å²) in [5.41, 5.74) is 2.79. The number of nitrogens with one attached hydrogen (secondary N) is 1. The number of hydrogen-bond donors (Lipinski definition) is 1. The highest BCUT2D eigenvalue weighted by atomic mass is 15.2. The van der Waals surface area contributed by atoms with E-state index in [1.54, 1.807) is 0 Å². The molecule has 19 heavy (non-hydrogen) atoms. The van der Waals surface area contributed by atoms with Gasteiger partial charge in [-0.15, -0.1) is 0 Å². The molecule has 106 valence electrons. The predicted octanol–water partition coefficient (Wildman–Crippen LogP) is 3.81. The predicted molar refractivity (Wildman–Crippen MR) is 83.6 cm³/mol. The van der Waals surface area contributed by atoms with Gasteiger partial charge in [0.25, 0.3) is 0 Å². The molecule has 0 aliphatic carbocycles. The van der Waals surface area contributed by atoms with Crippen LogP contribution in [0.3, 0.4) is 0 Å². The zero-order chi connectivity index (χ0) is 13.7. The minimum absolute atomic E-state index is 0.717. The third kappa shape index (κ3) is 3.97. The zero-order valence-electron chi connectivity index (χ0n) is 12.7. The molecule has 0 saturated carbocycles. The quantitative estimate of drug-likeness (QED) is 0.836. The van der Waals surface area contributed by atoms with E-state index in [4.69, 9.17) is 0 Å². The van der Waals surface area contributed by atoms with Crippen molar-refractivity contribution in [3.05, 3.63) is 29.8 Å². The Morgan fingerprint density at radius 3 is 2.63 bits per heavy atom. The van der Waals surface area contributed by atoms with Crippen molar-refractivity contribution >= 4 is 5.69 Å². The van der Waals surface area contributed by atoms with Crippen LogP contribution in [0.25, 0.3) is 0 Å². The van der Waals surface area contributed by atoms with Gasteiger partial charge < -0.3 is 10.2 Å². The summed E-state index contributed by atoms with van der Waals surface area (Å²) in [6.07, 6.45) is 3.96. The lowest BCUT2D eigenvalue weighted by Gasteiger charge is -2.26. The lowest BCUT2D eigenvalue weighted by atomic mass is 10.1. The van der Waals surface area contributed by atoms with Gasteiger partial charge in [0.15, 0.2) is 0 Å². The molecular weight excluding hydrogens is 232 g/mol. The molecule has 1 unspecified atom stereocenters. The maximum atomic E-state index is 3.50. The first-order valence-corrected chi connectivity index (χ1v) is 7.77. The SMILES string of the molecule is CCC1CCCN1c1ccc(CNCC(C)C)cc1. The summed E-state index contributed by atoms with van der Waals surface area (Å²) < 4.78 is 0. The first-order valence-electron chi connectivity index (χ1n) is 7.77. The summed E-state index contributed by atoms with van der Waals surface area (Å²) in [6.45, 7) is 10.1. The normalized spacial score (nSPS) is 19.4. The molecule has 2 nitrogen and oxygen atoms in total. The summed E-state index contributed by atoms with van der Waals surface area (Å²) in [5.74, 6) is 0.717. The summed E-state index contributed by atoms with van der Waals surface area (Å²) >= 11 is 0. The molecule has 1 aliphatic rings. The fourth-order valence-electron chi connectivity index (χ4n) is 2.91. The van der Waals surface area contributed by atoms with Crippen LogP contribution >= 0.6 is 0 Å². The van der Waals surface area contributed by atoms with Gasteiger partial charge in [0.05, 0.1) is 0 Å². The molecule has 0 spiro atoms. The molecule has 1 heterocycles. The lowest BCUT2D eigenvalue weighted by molar-refractivity contribution is 0.552. The molecule has 0 bridgehead atoms. The Balaban J connectivity index is 1.91. The summed E-state index contributed by atoms with van der Waals surface area (Å²) in [5, 5.41) is 3.50. The van der Waals surface area contributed by atoms with Gasteiger partial charge >= 0.3 is 0 Å². The van der Waals surface area contributed by atoms with Crippen LogP contribution in [0.5, 0.6) is 0 Å². The molecule has 1 N–H and O–H groups in total. The highest BCUT2D eigenvalue weighted by molar-refractivity contribution is 5.49. The summed E-state index contributed by atoms with van der Waals surface area (Å²) in [6, 6.07) is 9.88. The molecule has 2 heteroatoms. The van der Waals surface area contributed by atoms with Crippen LogP contribution in [0.15, 0.2) is 24.3 Å². The highest BCUT2D eigenvalue weighted by Crippen LogP contribution is 2.27. The van der Waals surface area contributed by atoms with E-state index in [9.17, 15) is 0 Å². The van der Waals surface area contributed by atoms with Crippen molar-refractivity contribution in [1.82, 2.24) is 5.32 Å². The number of anilines is 1. The van der Waals surface area contributed by atoms with E-state index in [0.717, 1.165) is 19.1 Å². The minimum atomic E-state index is 0.717. The molecule has 1 aliphatic heterocycles. The molecule has 1 aromatic carbocycles. The van der Waals surface area contributed by atoms with Crippen LogP contribution in [0.1, 0.15) is 45.6 Å². The van der Waals surface area contributed by atoms with Crippen molar-refractivity contribution in [3.63, 3.8) is 0 Å². The summed E-state index contributed by atoms with van der Waals surface area (Å²) in [4.78, 5) is 2.57. The van der Waals surface area contributed by atoms with Gasteiger partial charge in [-0.3, -0.25) is 0 Å². The van der Waals surface area contributed by atoms with Crippen molar-refractivity contribution in [1.29, 1.82) is 0 Å². The third-order valence-corrected chi connectivity index (χ3v) is 4.00. The minimum Gasteiger partial charge on any atom is -0.369 e. The highest BCUT2D eigenvalue weighted by Gasteiger charge is 2.22. The van der Waals surface area contributed by atoms with Crippen LogP contribution in [-0.4, -0.2) is 19.1 Å². The van der Waals surface area contributed by atoms with Crippen molar-refractivity contribution in [3.8, 4) is 0 Å². The van der Waals surface area contributed by atoms with Crippen molar-refractivity contribution < 1.29 is 0 Å². The Morgan fingerprint density at radius 2 is 2.00 bits per heavy atom. The second-order valence-corrected chi connectivity index (χ2v) is 6.09. The fourth-order valence-corrected chi connectivity index (χ4v) is 2.91. The second kappa shape index (κ2) is 6.95. The van der Waals surface area contributed by atoms with Crippen LogP contribution in [0.2, 0.25) is 0 Å². The van der Waals surface area contributed by atoms with Gasteiger partial charge in [-0.2, -0.15) is 0 Å². The van der Waals surface area contributed by atoms with Gasteiger partial charge in [-0.25, -0.2) is 0 Å². The van der Waals surface area contributed by atoms with Crippen LogP contribution in [-0.2, 0) is 6.54 Å². The maximum absolute atomic E-state index is 3.50. The number of nitrogens with zero attached hydrogens (tertiary/aromatic N) is 1. The average molecular weight is 260 g/mol. The van der Waals surface area contributed by atoms with Gasteiger partial charge in [0.1, 0.15) is 0 Å². The standard InChI is InChI=1S/C17H28N2/c1-4-16-6-5-11-19(16)17-9-7-15(8-10-17)13-18-12-14(2)3/h7-10,14,16,18H,4-6,11-13H2,1-3H3. The van der Waals surface area contributed by atoms with Crippen LogP contribution < -0.4 is 10.2 Å². The van der Waals surface area contributed by atoms with E-state index in [0.29, 0.717) is 5.92 Å². The van der Waals surface area contributed by atoms with Crippen molar-refractivity contribution in [2.24, 2.45) is 5.92 Å². The average Bonchev–Trinajstić information content (AvgIpc) is 2.87. The monoisotopic (exact) mass is 260 g/mol. The number of benzene rings is 1. The second-order valence-electron chi connectivity index (χ2n) is 6.09. The Kier molecular flexibility index (Phi) is 5.26. The molecule has 0 amide bonds.